The SMILES string of the molecule is COc1cc(C)cc2cc(-c3c(Cl)c(CN4CCNCC4)n4ncnc(N)c34)sc12.Cl.Cl.Cl. The molecule has 3 N–H and O–H groups in total. The summed E-state index contributed by atoms with van der Waals surface area (Å²) in [7, 11) is 1.70. The van der Waals surface area contributed by atoms with Gasteiger partial charge in [0.05, 0.1) is 22.5 Å². The molecule has 0 spiro atoms. The zero-order valence-electron chi connectivity index (χ0n) is 18.1. The van der Waals surface area contributed by atoms with Gasteiger partial charge in [0, 0.05) is 43.2 Å². The van der Waals surface area contributed by atoms with Crippen LogP contribution in [0, 0.1) is 6.92 Å². The second-order valence-corrected chi connectivity index (χ2v) is 8.99. The number of nitrogens with zero attached hydrogens (tertiary/aromatic N) is 4. The number of thiophene rings is 1. The number of rotatable bonds is 4. The van der Waals surface area contributed by atoms with Crippen LogP contribution in [0.2, 0.25) is 5.02 Å². The number of aryl methyl sites for hydroxylation is 1. The molecule has 0 aliphatic carbocycles. The molecule has 33 heavy (non-hydrogen) atoms. The molecule has 4 aromatic rings. The van der Waals surface area contributed by atoms with E-state index in [4.69, 9.17) is 22.1 Å². The van der Waals surface area contributed by atoms with Crippen LogP contribution in [0.4, 0.5) is 5.82 Å². The van der Waals surface area contributed by atoms with Crippen molar-refractivity contribution in [2.75, 3.05) is 39.0 Å². The first-order chi connectivity index (χ1) is 14.6. The fourth-order valence-corrected chi connectivity index (χ4v) is 5.70. The average Bonchev–Trinajstić information content (AvgIpc) is 3.28. The van der Waals surface area contributed by atoms with Crippen molar-refractivity contribution >= 4 is 81.6 Å². The van der Waals surface area contributed by atoms with E-state index in [9.17, 15) is 0 Å². The van der Waals surface area contributed by atoms with E-state index in [2.05, 4.69) is 45.4 Å². The number of nitrogens with one attached hydrogen (secondary N) is 1. The lowest BCUT2D eigenvalue weighted by molar-refractivity contribution is 0.229. The van der Waals surface area contributed by atoms with Crippen molar-refractivity contribution < 1.29 is 4.74 Å². The Bertz CT molecular complexity index is 1250. The van der Waals surface area contributed by atoms with Crippen molar-refractivity contribution in [1.82, 2.24) is 24.8 Å². The lowest BCUT2D eigenvalue weighted by atomic mass is 10.1. The summed E-state index contributed by atoms with van der Waals surface area (Å²) in [6.07, 6.45) is 1.49. The fraction of sp³-hybridized carbons (Fsp3) is 0.333. The second-order valence-electron chi connectivity index (χ2n) is 7.56. The number of anilines is 1. The molecule has 7 nitrogen and oxygen atoms in total. The molecule has 0 bridgehead atoms. The summed E-state index contributed by atoms with van der Waals surface area (Å²) in [5, 5.41) is 9.69. The number of ether oxygens (including phenoxy) is 1. The van der Waals surface area contributed by atoms with Crippen LogP contribution in [0.1, 0.15) is 11.3 Å². The van der Waals surface area contributed by atoms with Gasteiger partial charge in [-0.3, -0.25) is 4.90 Å². The van der Waals surface area contributed by atoms with Gasteiger partial charge < -0.3 is 15.8 Å². The number of benzene rings is 1. The van der Waals surface area contributed by atoms with Gasteiger partial charge in [0.2, 0.25) is 0 Å². The standard InChI is InChI=1S/C21H23ClN6OS.3ClH/c1-12-7-13-9-16(30-20(13)15(8-12)29-2)17-18(22)14(10-27-5-3-24-4-6-27)28-19(17)21(23)25-11-26-28;;;/h7-9,11,24H,3-6,10H2,1-2H3,(H2,23,25,26);3*1H. The average molecular weight is 552 g/mol. The highest BCUT2D eigenvalue weighted by molar-refractivity contribution is 7.22. The van der Waals surface area contributed by atoms with Gasteiger partial charge in [0.15, 0.2) is 5.82 Å². The molecule has 1 aromatic carbocycles. The monoisotopic (exact) mass is 550 g/mol. The van der Waals surface area contributed by atoms with Crippen molar-refractivity contribution in [2.24, 2.45) is 0 Å². The van der Waals surface area contributed by atoms with Crippen LogP contribution in [0.3, 0.4) is 0 Å². The van der Waals surface area contributed by atoms with Crippen molar-refractivity contribution in [3.8, 4) is 16.2 Å². The van der Waals surface area contributed by atoms with Gasteiger partial charge in [0.1, 0.15) is 17.6 Å². The Balaban J connectivity index is 0.00000128. The predicted octanol–water partition coefficient (Wildman–Crippen LogP) is 4.83. The first kappa shape index (κ1) is 27.7. The molecule has 180 valence electrons. The van der Waals surface area contributed by atoms with E-state index >= 15 is 0 Å². The summed E-state index contributed by atoms with van der Waals surface area (Å²) in [6, 6.07) is 6.36. The third-order valence-electron chi connectivity index (χ3n) is 5.56. The number of nitrogens with two attached hydrogens (primary N) is 1. The maximum absolute atomic E-state index is 7.00. The number of methoxy groups -OCH3 is 1. The Kier molecular flexibility index (Phi) is 9.47. The molecule has 0 atom stereocenters. The smallest absolute Gasteiger partial charge is 0.152 e. The van der Waals surface area contributed by atoms with E-state index in [0.717, 1.165) is 69.2 Å². The first-order valence-corrected chi connectivity index (χ1v) is 11.1. The third kappa shape index (κ3) is 4.98. The highest BCUT2D eigenvalue weighted by atomic mass is 35.5. The van der Waals surface area contributed by atoms with Gasteiger partial charge in [0.25, 0.3) is 0 Å². The maximum atomic E-state index is 7.00. The molecule has 1 aliphatic heterocycles. The van der Waals surface area contributed by atoms with E-state index in [1.54, 1.807) is 18.4 Å². The molecular formula is C21H26Cl4N6OS. The topological polar surface area (TPSA) is 80.7 Å². The van der Waals surface area contributed by atoms with E-state index in [1.807, 2.05) is 4.52 Å². The summed E-state index contributed by atoms with van der Waals surface area (Å²) in [4.78, 5) is 7.65. The minimum Gasteiger partial charge on any atom is -0.495 e. The van der Waals surface area contributed by atoms with Crippen LogP contribution in [0.25, 0.3) is 26.0 Å². The minimum atomic E-state index is 0. The third-order valence-corrected chi connectivity index (χ3v) is 7.15. The predicted molar refractivity (Wildman–Crippen MR) is 144 cm³/mol. The number of halogens is 4. The molecule has 0 radical (unpaired) electrons. The van der Waals surface area contributed by atoms with Crippen LogP contribution in [-0.4, -0.2) is 52.8 Å². The van der Waals surface area contributed by atoms with Gasteiger partial charge in [-0.05, 0) is 30.0 Å². The number of nitrogen functional groups attached to an aromatic ring is 1. The van der Waals surface area contributed by atoms with Crippen LogP contribution < -0.4 is 15.8 Å². The highest BCUT2D eigenvalue weighted by Crippen LogP contribution is 2.45. The first-order valence-electron chi connectivity index (χ1n) is 9.88. The molecular weight excluding hydrogens is 526 g/mol. The molecule has 12 heteroatoms. The lowest BCUT2D eigenvalue weighted by Gasteiger charge is -2.26. The Labute approximate surface area is 219 Å². The summed E-state index contributed by atoms with van der Waals surface area (Å²) in [5.41, 5.74) is 10.1. The molecule has 3 aromatic heterocycles. The molecule has 0 saturated carbocycles. The van der Waals surface area contributed by atoms with Gasteiger partial charge in [-0.1, -0.05) is 17.7 Å². The lowest BCUT2D eigenvalue weighted by Crippen LogP contribution is -2.43. The Hall–Kier alpha value is -1.52. The van der Waals surface area contributed by atoms with Crippen molar-refractivity contribution in [3.63, 3.8) is 0 Å². The number of piperazine rings is 1. The fourth-order valence-electron chi connectivity index (χ4n) is 4.13. The molecule has 0 unspecified atom stereocenters. The number of fused-ring (bicyclic) bond motifs is 2. The highest BCUT2D eigenvalue weighted by Gasteiger charge is 2.25. The van der Waals surface area contributed by atoms with E-state index in [0.29, 0.717) is 17.4 Å². The van der Waals surface area contributed by atoms with Gasteiger partial charge in [-0.25, -0.2) is 9.50 Å². The molecule has 1 saturated heterocycles. The summed E-state index contributed by atoms with van der Waals surface area (Å²) in [5.74, 6) is 1.29. The Morgan fingerprint density at radius 1 is 1.18 bits per heavy atom. The van der Waals surface area contributed by atoms with Crippen molar-refractivity contribution in [3.05, 3.63) is 40.8 Å². The second kappa shape index (κ2) is 11.3. The van der Waals surface area contributed by atoms with Crippen LogP contribution in [-0.2, 0) is 6.54 Å². The summed E-state index contributed by atoms with van der Waals surface area (Å²) >= 11 is 8.65. The van der Waals surface area contributed by atoms with Crippen molar-refractivity contribution in [1.29, 1.82) is 0 Å². The molecule has 1 aliphatic rings. The molecule has 5 rings (SSSR count). The Morgan fingerprint density at radius 3 is 2.61 bits per heavy atom. The molecule has 0 amide bonds. The van der Waals surface area contributed by atoms with Crippen LogP contribution >= 0.6 is 60.2 Å². The number of hydrogen-bond donors (Lipinski definition) is 2. The van der Waals surface area contributed by atoms with Crippen molar-refractivity contribution in [2.45, 2.75) is 13.5 Å². The van der Waals surface area contributed by atoms with E-state index in [-0.39, 0.29) is 37.2 Å². The van der Waals surface area contributed by atoms with E-state index in [1.165, 1.54) is 6.33 Å². The van der Waals surface area contributed by atoms with Crippen LogP contribution in [0.5, 0.6) is 5.75 Å². The largest absolute Gasteiger partial charge is 0.495 e. The zero-order chi connectivity index (χ0) is 20.8. The molecule has 1 fully saturated rings. The van der Waals surface area contributed by atoms with Gasteiger partial charge in [-0.2, -0.15) is 5.10 Å². The summed E-state index contributed by atoms with van der Waals surface area (Å²) in [6.45, 7) is 6.67. The van der Waals surface area contributed by atoms with E-state index < -0.39 is 0 Å². The number of hydrogen-bond acceptors (Lipinski definition) is 7. The normalized spacial score (nSPS) is 13.9. The quantitative estimate of drug-likeness (QED) is 0.378. The van der Waals surface area contributed by atoms with Gasteiger partial charge in [-0.15, -0.1) is 48.6 Å². The molecule has 4 heterocycles. The minimum absolute atomic E-state index is 0. The maximum Gasteiger partial charge on any atom is 0.152 e. The summed E-state index contributed by atoms with van der Waals surface area (Å²) < 4.78 is 8.56. The van der Waals surface area contributed by atoms with Crippen LogP contribution in [0.15, 0.2) is 24.5 Å². The zero-order valence-corrected chi connectivity index (χ0v) is 22.2. The van der Waals surface area contributed by atoms with Gasteiger partial charge >= 0.3 is 0 Å². The Morgan fingerprint density at radius 2 is 1.91 bits per heavy atom. The number of aromatic nitrogens is 3.